The van der Waals surface area contributed by atoms with Crippen LogP contribution < -0.4 is 5.32 Å². The Morgan fingerprint density at radius 1 is 1.18 bits per heavy atom. The number of benzene rings is 2. The van der Waals surface area contributed by atoms with E-state index in [4.69, 9.17) is 16.0 Å². The molecule has 0 saturated heterocycles. The summed E-state index contributed by atoms with van der Waals surface area (Å²) in [4.78, 5) is 4.57. The molecule has 110 valence electrons. The largest absolute Gasteiger partial charge is 0.455 e. The zero-order valence-electron chi connectivity index (χ0n) is 12.2. The van der Waals surface area contributed by atoms with Crippen LogP contribution in [0.3, 0.4) is 0 Å². The predicted molar refractivity (Wildman–Crippen MR) is 90.8 cm³/mol. The van der Waals surface area contributed by atoms with Crippen LogP contribution in [-0.4, -0.2) is 18.9 Å². The van der Waals surface area contributed by atoms with E-state index in [0.717, 1.165) is 46.8 Å². The van der Waals surface area contributed by atoms with Gasteiger partial charge in [-0.2, -0.15) is 0 Å². The van der Waals surface area contributed by atoms with E-state index >= 15 is 0 Å². The second-order valence-electron chi connectivity index (χ2n) is 5.47. The van der Waals surface area contributed by atoms with Crippen LogP contribution in [0, 0.1) is 6.92 Å². The van der Waals surface area contributed by atoms with Crippen molar-refractivity contribution in [2.24, 2.45) is 4.99 Å². The molecule has 1 N–H and O–H groups in total. The predicted octanol–water partition coefficient (Wildman–Crippen LogP) is 4.41. The zero-order chi connectivity index (χ0) is 15.1. The molecule has 1 aliphatic heterocycles. The van der Waals surface area contributed by atoms with E-state index in [1.807, 2.05) is 24.3 Å². The molecule has 0 spiro atoms. The van der Waals surface area contributed by atoms with Gasteiger partial charge in [0.05, 0.1) is 12.1 Å². The first-order chi connectivity index (χ1) is 10.7. The smallest absolute Gasteiger partial charge is 0.146 e. The van der Waals surface area contributed by atoms with Crippen LogP contribution in [0.25, 0.3) is 22.3 Å². The third kappa shape index (κ3) is 2.18. The number of hydrogen-bond acceptors (Lipinski definition) is 3. The van der Waals surface area contributed by atoms with E-state index in [1.54, 1.807) is 0 Å². The van der Waals surface area contributed by atoms with E-state index in [2.05, 4.69) is 35.4 Å². The van der Waals surface area contributed by atoms with Gasteiger partial charge >= 0.3 is 0 Å². The normalized spacial score (nSPS) is 14.2. The molecule has 3 aromatic rings. The Morgan fingerprint density at radius 3 is 2.86 bits per heavy atom. The van der Waals surface area contributed by atoms with Gasteiger partial charge in [-0.1, -0.05) is 35.4 Å². The van der Waals surface area contributed by atoms with Gasteiger partial charge in [0.25, 0.3) is 0 Å². The van der Waals surface area contributed by atoms with Crippen molar-refractivity contribution < 1.29 is 4.42 Å². The highest BCUT2D eigenvalue weighted by Gasteiger charge is 2.22. The summed E-state index contributed by atoms with van der Waals surface area (Å²) < 4.78 is 6.13. The molecule has 4 heteroatoms. The van der Waals surface area contributed by atoms with E-state index in [9.17, 15) is 0 Å². The van der Waals surface area contributed by atoms with Crippen LogP contribution in [0.5, 0.6) is 0 Å². The Labute approximate surface area is 133 Å². The lowest BCUT2D eigenvalue weighted by molar-refractivity contribution is 0.630. The lowest BCUT2D eigenvalue weighted by Gasteiger charge is -2.05. The molecule has 0 unspecified atom stereocenters. The first-order valence-corrected chi connectivity index (χ1v) is 7.68. The fourth-order valence-corrected chi connectivity index (χ4v) is 3.03. The lowest BCUT2D eigenvalue weighted by atomic mass is 10.0. The van der Waals surface area contributed by atoms with Crippen LogP contribution in [0.4, 0.5) is 0 Å². The third-order valence-corrected chi connectivity index (χ3v) is 4.08. The maximum Gasteiger partial charge on any atom is 0.146 e. The summed E-state index contributed by atoms with van der Waals surface area (Å²) in [6.07, 6.45) is 0. The highest BCUT2D eigenvalue weighted by atomic mass is 35.5. The van der Waals surface area contributed by atoms with Crippen LogP contribution in [0.2, 0.25) is 5.02 Å². The number of amidine groups is 1. The van der Waals surface area contributed by atoms with E-state index < -0.39 is 0 Å². The van der Waals surface area contributed by atoms with E-state index in [0.29, 0.717) is 5.02 Å². The Bertz CT molecular complexity index is 895. The van der Waals surface area contributed by atoms with Crippen LogP contribution >= 0.6 is 11.6 Å². The Balaban J connectivity index is 2.03. The quantitative estimate of drug-likeness (QED) is 0.761. The molecule has 2 heterocycles. The Hall–Kier alpha value is -2.26. The number of fused-ring (bicyclic) bond motifs is 1. The molecular formula is C18H15ClN2O. The Morgan fingerprint density at radius 2 is 2.09 bits per heavy atom. The number of halogens is 1. The number of aliphatic imine (C=N–C) groups is 1. The van der Waals surface area contributed by atoms with Gasteiger partial charge in [0.2, 0.25) is 0 Å². The molecule has 3 nitrogen and oxygen atoms in total. The number of rotatable bonds is 2. The van der Waals surface area contributed by atoms with Crippen molar-refractivity contribution in [3.05, 3.63) is 58.6 Å². The van der Waals surface area contributed by atoms with Crippen LogP contribution in [-0.2, 0) is 0 Å². The van der Waals surface area contributed by atoms with Crippen molar-refractivity contribution in [3.8, 4) is 11.3 Å². The van der Waals surface area contributed by atoms with Gasteiger partial charge in [-0.25, -0.2) is 0 Å². The maximum absolute atomic E-state index is 6.18. The minimum Gasteiger partial charge on any atom is -0.455 e. The molecular weight excluding hydrogens is 296 g/mol. The molecule has 2 aromatic carbocycles. The number of aryl methyl sites for hydroxylation is 1. The van der Waals surface area contributed by atoms with E-state index in [1.165, 1.54) is 5.56 Å². The van der Waals surface area contributed by atoms with Crippen LogP contribution in [0.1, 0.15) is 11.1 Å². The van der Waals surface area contributed by atoms with Gasteiger partial charge in [-0.3, -0.25) is 4.99 Å². The molecule has 1 aromatic heterocycles. The Kier molecular flexibility index (Phi) is 3.16. The molecule has 0 amide bonds. The SMILES string of the molecule is Cc1cccc(-c2oc3ccc(Cl)cc3c2C2=NCCN2)c1. The molecule has 4 rings (SSSR count). The van der Waals surface area contributed by atoms with Crippen molar-refractivity contribution in [2.45, 2.75) is 6.92 Å². The third-order valence-electron chi connectivity index (χ3n) is 3.84. The molecule has 0 saturated carbocycles. The van der Waals surface area contributed by atoms with Crippen molar-refractivity contribution in [2.75, 3.05) is 13.1 Å². The van der Waals surface area contributed by atoms with Crippen molar-refractivity contribution >= 4 is 28.4 Å². The first-order valence-electron chi connectivity index (χ1n) is 7.30. The summed E-state index contributed by atoms with van der Waals surface area (Å²) in [6, 6.07) is 14.0. The monoisotopic (exact) mass is 310 g/mol. The second kappa shape index (κ2) is 5.18. The number of hydrogen-bond donors (Lipinski definition) is 1. The highest BCUT2D eigenvalue weighted by molar-refractivity contribution is 6.31. The van der Waals surface area contributed by atoms with Gasteiger partial charge in [0, 0.05) is 22.5 Å². The number of furan rings is 1. The maximum atomic E-state index is 6.18. The summed E-state index contributed by atoms with van der Waals surface area (Å²) in [5, 5.41) is 5.04. The average Bonchev–Trinajstić information content (AvgIpc) is 3.13. The highest BCUT2D eigenvalue weighted by Crippen LogP contribution is 2.35. The zero-order valence-corrected chi connectivity index (χ0v) is 12.9. The van der Waals surface area contributed by atoms with E-state index in [-0.39, 0.29) is 0 Å². The summed E-state index contributed by atoms with van der Waals surface area (Å²) in [5.74, 6) is 1.73. The van der Waals surface area contributed by atoms with Gasteiger partial charge in [0.1, 0.15) is 17.2 Å². The fraction of sp³-hybridized carbons (Fsp3) is 0.167. The van der Waals surface area contributed by atoms with Crippen molar-refractivity contribution in [3.63, 3.8) is 0 Å². The average molecular weight is 311 g/mol. The molecule has 22 heavy (non-hydrogen) atoms. The van der Waals surface area contributed by atoms with Gasteiger partial charge in [0.15, 0.2) is 0 Å². The number of nitrogens with one attached hydrogen (secondary N) is 1. The topological polar surface area (TPSA) is 37.5 Å². The van der Waals surface area contributed by atoms with Crippen molar-refractivity contribution in [1.29, 1.82) is 0 Å². The molecule has 1 aliphatic rings. The molecule has 0 atom stereocenters. The molecule has 0 radical (unpaired) electrons. The molecule has 0 aliphatic carbocycles. The van der Waals surface area contributed by atoms with Gasteiger partial charge in [-0.15, -0.1) is 0 Å². The summed E-state index contributed by atoms with van der Waals surface area (Å²) in [5.41, 5.74) is 4.08. The summed E-state index contributed by atoms with van der Waals surface area (Å²) in [6.45, 7) is 3.72. The minimum absolute atomic E-state index is 0.698. The lowest BCUT2D eigenvalue weighted by Crippen LogP contribution is -2.19. The second-order valence-corrected chi connectivity index (χ2v) is 5.91. The summed E-state index contributed by atoms with van der Waals surface area (Å²) >= 11 is 6.18. The van der Waals surface area contributed by atoms with Crippen molar-refractivity contribution in [1.82, 2.24) is 5.32 Å². The first kappa shape index (κ1) is 13.4. The van der Waals surface area contributed by atoms with Crippen LogP contribution in [0.15, 0.2) is 51.9 Å². The van der Waals surface area contributed by atoms with Gasteiger partial charge in [-0.05, 0) is 31.2 Å². The molecule has 0 fully saturated rings. The molecule has 0 bridgehead atoms. The number of nitrogens with zero attached hydrogens (tertiary/aromatic N) is 1. The fourth-order valence-electron chi connectivity index (χ4n) is 2.86. The minimum atomic E-state index is 0.698. The standard InChI is InChI=1S/C18H15ClN2O/c1-11-3-2-4-12(9-11)17-16(18-20-7-8-21-18)14-10-13(19)5-6-15(14)22-17/h2-6,9-10H,7-8H2,1H3,(H,20,21). The van der Waals surface area contributed by atoms with Gasteiger partial charge < -0.3 is 9.73 Å². The summed E-state index contributed by atoms with van der Waals surface area (Å²) in [7, 11) is 0.